The number of likely N-dealkylation sites (tertiary alicyclic amines) is 1. The van der Waals surface area contributed by atoms with Gasteiger partial charge in [-0.1, -0.05) is 53.2 Å². The van der Waals surface area contributed by atoms with Crippen molar-refractivity contribution in [2.24, 2.45) is 0 Å². The normalized spacial score (nSPS) is 20.8. The molecule has 1 heterocycles. The molecule has 1 saturated heterocycles. The number of hydrogen-bond donors (Lipinski definition) is 0. The maximum atomic E-state index is 12.0. The van der Waals surface area contributed by atoms with E-state index in [0.29, 0.717) is 11.4 Å². The van der Waals surface area contributed by atoms with Crippen LogP contribution in [0.2, 0.25) is 0 Å². The molecule has 1 aromatic carbocycles. The number of amides is 1. The van der Waals surface area contributed by atoms with Gasteiger partial charge in [0.2, 0.25) is 0 Å². The molecule has 1 aliphatic heterocycles. The maximum absolute atomic E-state index is 12.0. The lowest BCUT2D eigenvalue weighted by Gasteiger charge is -2.25. The van der Waals surface area contributed by atoms with E-state index in [-0.39, 0.29) is 12.1 Å². The Bertz CT molecular complexity index is 394. The molecule has 98 valence electrons. The molecule has 1 fully saturated rings. The zero-order chi connectivity index (χ0) is 13.0. The molecule has 18 heavy (non-hydrogen) atoms. The van der Waals surface area contributed by atoms with Gasteiger partial charge in [-0.05, 0) is 18.4 Å². The number of hydrogen-bond acceptors (Lipinski definition) is 2. The first-order chi connectivity index (χ1) is 8.68. The van der Waals surface area contributed by atoms with Crippen molar-refractivity contribution in [3.05, 3.63) is 35.9 Å². The van der Waals surface area contributed by atoms with Crippen molar-refractivity contribution >= 4 is 22.0 Å². The van der Waals surface area contributed by atoms with Gasteiger partial charge in [-0.25, -0.2) is 4.79 Å². The molecule has 1 aromatic rings. The highest BCUT2D eigenvalue weighted by molar-refractivity contribution is 9.09. The van der Waals surface area contributed by atoms with E-state index in [1.165, 1.54) is 0 Å². The summed E-state index contributed by atoms with van der Waals surface area (Å²) < 4.78 is 5.36. The average Bonchev–Trinajstić information content (AvgIpc) is 2.86. The Morgan fingerprint density at radius 2 is 2.22 bits per heavy atom. The van der Waals surface area contributed by atoms with Crippen molar-refractivity contribution in [1.29, 1.82) is 0 Å². The Morgan fingerprint density at radius 3 is 2.89 bits per heavy atom. The van der Waals surface area contributed by atoms with Crippen LogP contribution in [0.5, 0.6) is 0 Å². The summed E-state index contributed by atoms with van der Waals surface area (Å²) in [7, 11) is 0. The van der Waals surface area contributed by atoms with Crippen LogP contribution in [0.15, 0.2) is 30.3 Å². The number of ether oxygens (including phenoxy) is 1. The number of carbonyl (C=O) groups is 1. The molecule has 0 aliphatic carbocycles. The van der Waals surface area contributed by atoms with Gasteiger partial charge in [0, 0.05) is 17.4 Å². The van der Waals surface area contributed by atoms with E-state index in [1.54, 1.807) is 0 Å². The summed E-state index contributed by atoms with van der Waals surface area (Å²) in [5, 5.41) is 0. The van der Waals surface area contributed by atoms with Crippen LogP contribution in [0.3, 0.4) is 0 Å². The highest BCUT2D eigenvalue weighted by atomic mass is 79.9. The maximum Gasteiger partial charge on any atom is 0.410 e. The molecular weight excluding hydrogens is 294 g/mol. The van der Waals surface area contributed by atoms with Crippen molar-refractivity contribution in [2.45, 2.75) is 37.2 Å². The lowest BCUT2D eigenvalue weighted by molar-refractivity contribution is 0.0925. The van der Waals surface area contributed by atoms with Crippen molar-refractivity contribution in [3.63, 3.8) is 0 Å². The molecule has 0 bridgehead atoms. The van der Waals surface area contributed by atoms with E-state index >= 15 is 0 Å². The van der Waals surface area contributed by atoms with Gasteiger partial charge in [-0.2, -0.15) is 0 Å². The van der Waals surface area contributed by atoms with Gasteiger partial charge in [0.25, 0.3) is 0 Å². The number of nitrogens with zero attached hydrogens (tertiary/aromatic N) is 1. The quantitative estimate of drug-likeness (QED) is 0.799. The lowest BCUT2D eigenvalue weighted by Crippen LogP contribution is -2.39. The SMILES string of the molecule is CC(Br)C1CCCN1C(=O)OCc1ccccc1. The van der Waals surface area contributed by atoms with Crippen molar-refractivity contribution in [3.8, 4) is 0 Å². The number of alkyl halides is 1. The zero-order valence-corrected chi connectivity index (χ0v) is 12.1. The van der Waals surface area contributed by atoms with Crippen LogP contribution in [0, 0.1) is 0 Å². The fourth-order valence-corrected chi connectivity index (χ4v) is 2.85. The second kappa shape index (κ2) is 6.23. The van der Waals surface area contributed by atoms with Crippen molar-refractivity contribution in [1.82, 2.24) is 4.90 Å². The molecule has 0 aromatic heterocycles. The molecule has 4 heteroatoms. The molecule has 1 amide bonds. The summed E-state index contributed by atoms with van der Waals surface area (Å²) in [6.07, 6.45) is 1.90. The summed E-state index contributed by atoms with van der Waals surface area (Å²) in [6.45, 7) is 3.22. The van der Waals surface area contributed by atoms with Gasteiger partial charge in [-0.15, -0.1) is 0 Å². The second-order valence-electron chi connectivity index (χ2n) is 4.62. The van der Waals surface area contributed by atoms with Crippen molar-refractivity contribution < 1.29 is 9.53 Å². The Hall–Kier alpha value is -1.03. The Kier molecular flexibility index (Phi) is 4.64. The van der Waals surface area contributed by atoms with Gasteiger partial charge in [0.15, 0.2) is 0 Å². The van der Waals surface area contributed by atoms with E-state index < -0.39 is 0 Å². The summed E-state index contributed by atoms with van der Waals surface area (Å²) in [4.78, 5) is 14.2. The molecule has 0 N–H and O–H groups in total. The van der Waals surface area contributed by atoms with Crippen LogP contribution in [-0.2, 0) is 11.3 Å². The van der Waals surface area contributed by atoms with E-state index in [1.807, 2.05) is 35.2 Å². The first kappa shape index (κ1) is 13.4. The van der Waals surface area contributed by atoms with Gasteiger partial charge in [0.1, 0.15) is 6.61 Å². The minimum absolute atomic E-state index is 0.201. The predicted molar refractivity (Wildman–Crippen MR) is 74.7 cm³/mol. The monoisotopic (exact) mass is 311 g/mol. The Morgan fingerprint density at radius 1 is 1.50 bits per heavy atom. The van der Waals surface area contributed by atoms with E-state index in [4.69, 9.17) is 4.74 Å². The number of carbonyl (C=O) groups excluding carboxylic acids is 1. The molecule has 2 rings (SSSR count). The highest BCUT2D eigenvalue weighted by Crippen LogP contribution is 2.25. The zero-order valence-electron chi connectivity index (χ0n) is 10.5. The summed E-state index contributed by atoms with van der Waals surface area (Å²) in [6, 6.07) is 10.0. The van der Waals surface area contributed by atoms with Crippen LogP contribution < -0.4 is 0 Å². The van der Waals surface area contributed by atoms with Crippen LogP contribution in [0.1, 0.15) is 25.3 Å². The minimum atomic E-state index is -0.201. The topological polar surface area (TPSA) is 29.5 Å². The number of benzene rings is 1. The van der Waals surface area contributed by atoms with Gasteiger partial charge >= 0.3 is 6.09 Å². The Balaban J connectivity index is 1.88. The molecule has 3 nitrogen and oxygen atoms in total. The third-order valence-electron chi connectivity index (χ3n) is 3.27. The standard InChI is InChI=1S/C14H18BrNO2/c1-11(15)13-8-5-9-16(13)14(17)18-10-12-6-3-2-4-7-12/h2-4,6-7,11,13H,5,8-10H2,1H3. The average molecular weight is 312 g/mol. The van der Waals surface area contributed by atoms with E-state index in [9.17, 15) is 4.79 Å². The van der Waals surface area contributed by atoms with Gasteiger partial charge in [0.05, 0.1) is 0 Å². The lowest BCUT2D eigenvalue weighted by atomic mass is 10.2. The Labute approximate surface area is 116 Å². The van der Waals surface area contributed by atoms with Crippen LogP contribution in [0.25, 0.3) is 0 Å². The third-order valence-corrected chi connectivity index (χ3v) is 3.88. The summed E-state index contributed by atoms with van der Waals surface area (Å²) in [5.74, 6) is 0. The van der Waals surface area contributed by atoms with Gasteiger partial charge in [-0.3, -0.25) is 0 Å². The second-order valence-corrected chi connectivity index (χ2v) is 6.07. The largest absolute Gasteiger partial charge is 0.445 e. The van der Waals surface area contributed by atoms with Crippen LogP contribution in [0.4, 0.5) is 4.79 Å². The third kappa shape index (κ3) is 3.25. The summed E-state index contributed by atoms with van der Waals surface area (Å²) >= 11 is 3.56. The number of rotatable bonds is 3. The molecule has 0 saturated carbocycles. The van der Waals surface area contributed by atoms with Crippen LogP contribution in [-0.4, -0.2) is 28.4 Å². The molecule has 2 unspecified atom stereocenters. The molecule has 1 aliphatic rings. The van der Waals surface area contributed by atoms with Crippen LogP contribution >= 0.6 is 15.9 Å². The fraction of sp³-hybridized carbons (Fsp3) is 0.500. The first-order valence-corrected chi connectivity index (χ1v) is 7.21. The van der Waals surface area contributed by atoms with E-state index in [2.05, 4.69) is 22.9 Å². The predicted octanol–water partition coefficient (Wildman–Crippen LogP) is 3.57. The molecule has 0 radical (unpaired) electrons. The molecule has 0 spiro atoms. The minimum Gasteiger partial charge on any atom is -0.445 e. The number of halogens is 1. The molecule has 2 atom stereocenters. The summed E-state index contributed by atoms with van der Waals surface area (Å²) in [5.41, 5.74) is 1.02. The van der Waals surface area contributed by atoms with E-state index in [0.717, 1.165) is 24.9 Å². The molecular formula is C14H18BrNO2. The highest BCUT2D eigenvalue weighted by Gasteiger charge is 2.32. The van der Waals surface area contributed by atoms with Crippen molar-refractivity contribution in [2.75, 3.05) is 6.54 Å². The van der Waals surface area contributed by atoms with Gasteiger partial charge < -0.3 is 9.64 Å². The smallest absolute Gasteiger partial charge is 0.410 e. The fourth-order valence-electron chi connectivity index (χ4n) is 2.30. The first-order valence-electron chi connectivity index (χ1n) is 6.30.